The first-order chi connectivity index (χ1) is 7.11. The summed E-state index contributed by atoms with van der Waals surface area (Å²) in [5.74, 6) is -1.44. The zero-order valence-electron chi connectivity index (χ0n) is 10.2. The van der Waals surface area contributed by atoms with E-state index >= 15 is 0 Å². The highest BCUT2D eigenvalue weighted by molar-refractivity contribution is 5.93. The Labute approximate surface area is 95.4 Å². The predicted octanol–water partition coefficient (Wildman–Crippen LogP) is 0.877. The van der Waals surface area contributed by atoms with E-state index in [4.69, 9.17) is 9.84 Å². The lowest BCUT2D eigenvalue weighted by atomic mass is 9.98. The maximum Gasteiger partial charge on any atom is 0.312 e. The fourth-order valence-electron chi connectivity index (χ4n) is 2.21. The molecule has 1 rings (SSSR count). The summed E-state index contributed by atoms with van der Waals surface area (Å²) >= 11 is 0. The summed E-state index contributed by atoms with van der Waals surface area (Å²) in [5, 5.41) is 8.60. The second kappa shape index (κ2) is 4.05. The lowest BCUT2D eigenvalue weighted by molar-refractivity contribution is -0.188. The largest absolute Gasteiger partial charge is 0.481 e. The van der Waals surface area contributed by atoms with Crippen molar-refractivity contribution in [2.24, 2.45) is 0 Å². The van der Waals surface area contributed by atoms with Crippen LogP contribution in [0.2, 0.25) is 0 Å². The zero-order valence-corrected chi connectivity index (χ0v) is 10.2. The minimum absolute atomic E-state index is 0.350. The minimum Gasteiger partial charge on any atom is -0.481 e. The van der Waals surface area contributed by atoms with Crippen molar-refractivity contribution >= 4 is 11.9 Å². The molecule has 0 aromatic heterocycles. The fraction of sp³-hybridized carbons (Fsp3) is 0.818. The number of nitrogens with zero attached hydrogens (tertiary/aromatic N) is 1. The van der Waals surface area contributed by atoms with E-state index in [2.05, 4.69) is 0 Å². The van der Waals surface area contributed by atoms with Gasteiger partial charge in [-0.2, -0.15) is 0 Å². The van der Waals surface area contributed by atoms with Gasteiger partial charge in [-0.15, -0.1) is 0 Å². The summed E-state index contributed by atoms with van der Waals surface area (Å²) in [6, 6.07) is 0. The highest BCUT2D eigenvalue weighted by atomic mass is 16.5. The van der Waals surface area contributed by atoms with Gasteiger partial charge >= 0.3 is 5.97 Å². The van der Waals surface area contributed by atoms with Crippen LogP contribution in [-0.2, 0) is 14.3 Å². The molecule has 5 nitrogen and oxygen atoms in total. The van der Waals surface area contributed by atoms with Crippen molar-refractivity contribution in [2.75, 3.05) is 13.1 Å². The molecule has 1 N–H and O–H groups in total. The highest BCUT2D eigenvalue weighted by Crippen LogP contribution is 2.28. The van der Waals surface area contributed by atoms with E-state index in [1.165, 1.54) is 0 Å². The molecule has 0 aromatic rings. The Morgan fingerprint density at radius 2 is 1.62 bits per heavy atom. The third-order valence-corrected chi connectivity index (χ3v) is 2.35. The highest BCUT2D eigenvalue weighted by Gasteiger charge is 2.40. The van der Waals surface area contributed by atoms with Gasteiger partial charge in [-0.05, 0) is 27.7 Å². The van der Waals surface area contributed by atoms with Gasteiger partial charge in [0.2, 0.25) is 5.91 Å². The molecule has 0 bridgehead atoms. The number of hydrogen-bond donors (Lipinski definition) is 1. The van der Waals surface area contributed by atoms with Gasteiger partial charge in [0.25, 0.3) is 0 Å². The Hall–Kier alpha value is -1.10. The van der Waals surface area contributed by atoms with Crippen molar-refractivity contribution in [3.8, 4) is 0 Å². The molecule has 1 heterocycles. The van der Waals surface area contributed by atoms with Crippen LogP contribution >= 0.6 is 0 Å². The lowest BCUT2D eigenvalue weighted by Gasteiger charge is -2.47. The van der Waals surface area contributed by atoms with Gasteiger partial charge in [-0.25, -0.2) is 0 Å². The quantitative estimate of drug-likeness (QED) is 0.714. The molecular weight excluding hydrogens is 210 g/mol. The lowest BCUT2D eigenvalue weighted by Crippen LogP contribution is -2.58. The normalized spacial score (nSPS) is 22.9. The number of aliphatic carboxylic acids is 1. The van der Waals surface area contributed by atoms with Gasteiger partial charge in [0, 0.05) is 13.1 Å². The van der Waals surface area contributed by atoms with Crippen LogP contribution in [0, 0.1) is 0 Å². The maximum atomic E-state index is 11.7. The number of carbonyl (C=O) groups is 2. The van der Waals surface area contributed by atoms with E-state index in [0.29, 0.717) is 13.1 Å². The first kappa shape index (κ1) is 13.0. The van der Waals surface area contributed by atoms with Gasteiger partial charge < -0.3 is 14.7 Å². The Kier molecular flexibility index (Phi) is 3.28. The van der Waals surface area contributed by atoms with Crippen LogP contribution in [0.4, 0.5) is 0 Å². The fourth-order valence-corrected chi connectivity index (χ4v) is 2.21. The molecule has 0 unspecified atom stereocenters. The molecule has 1 aliphatic heterocycles. The van der Waals surface area contributed by atoms with Gasteiger partial charge in [0.15, 0.2) is 0 Å². The van der Waals surface area contributed by atoms with E-state index in [-0.39, 0.29) is 5.91 Å². The molecule has 1 aliphatic rings. The Morgan fingerprint density at radius 3 is 2.00 bits per heavy atom. The van der Waals surface area contributed by atoms with Crippen LogP contribution in [-0.4, -0.2) is 46.2 Å². The van der Waals surface area contributed by atoms with Crippen molar-refractivity contribution in [3.05, 3.63) is 0 Å². The van der Waals surface area contributed by atoms with Crippen molar-refractivity contribution in [2.45, 2.75) is 45.3 Å². The molecule has 1 amide bonds. The van der Waals surface area contributed by atoms with E-state index < -0.39 is 23.6 Å². The number of ether oxygens (including phenoxy) is 1. The summed E-state index contributed by atoms with van der Waals surface area (Å²) in [7, 11) is 0. The molecule has 1 saturated heterocycles. The number of carboxylic acids is 1. The topological polar surface area (TPSA) is 66.8 Å². The second-order valence-electron chi connectivity index (χ2n) is 5.44. The average Bonchev–Trinajstić information content (AvgIpc) is 1.96. The predicted molar refractivity (Wildman–Crippen MR) is 58.1 cm³/mol. The van der Waals surface area contributed by atoms with Crippen LogP contribution in [0.15, 0.2) is 0 Å². The first-order valence-electron chi connectivity index (χ1n) is 5.31. The monoisotopic (exact) mass is 229 g/mol. The van der Waals surface area contributed by atoms with Gasteiger partial charge in [-0.3, -0.25) is 9.59 Å². The number of amides is 1. The zero-order chi connectivity index (χ0) is 12.6. The van der Waals surface area contributed by atoms with Crippen LogP contribution < -0.4 is 0 Å². The van der Waals surface area contributed by atoms with Crippen molar-refractivity contribution in [3.63, 3.8) is 0 Å². The van der Waals surface area contributed by atoms with Crippen LogP contribution in [0.5, 0.6) is 0 Å². The third-order valence-electron chi connectivity index (χ3n) is 2.35. The van der Waals surface area contributed by atoms with Gasteiger partial charge in [0.05, 0.1) is 11.2 Å². The maximum absolute atomic E-state index is 11.7. The Morgan fingerprint density at radius 1 is 1.19 bits per heavy atom. The smallest absolute Gasteiger partial charge is 0.312 e. The third kappa shape index (κ3) is 3.48. The molecule has 16 heavy (non-hydrogen) atoms. The summed E-state index contributed by atoms with van der Waals surface area (Å²) in [6.45, 7) is 8.46. The van der Waals surface area contributed by atoms with Crippen LogP contribution in [0.25, 0.3) is 0 Å². The van der Waals surface area contributed by atoms with E-state index in [9.17, 15) is 9.59 Å². The molecule has 0 atom stereocenters. The van der Waals surface area contributed by atoms with Crippen LogP contribution in [0.1, 0.15) is 34.1 Å². The standard InChI is InChI=1S/C11H19NO4/c1-10(2)6-12(7-11(3,4)16-10)8(13)5-9(14)15/h5-7H2,1-4H3,(H,14,15). The summed E-state index contributed by atoms with van der Waals surface area (Å²) in [4.78, 5) is 23.7. The summed E-state index contributed by atoms with van der Waals surface area (Å²) in [6.07, 6.45) is -0.452. The molecule has 1 fully saturated rings. The van der Waals surface area contributed by atoms with Gasteiger partial charge in [0.1, 0.15) is 6.42 Å². The summed E-state index contributed by atoms with van der Waals surface area (Å²) < 4.78 is 5.81. The van der Waals surface area contributed by atoms with Crippen molar-refractivity contribution < 1.29 is 19.4 Å². The SMILES string of the molecule is CC1(C)CN(C(=O)CC(=O)O)CC(C)(C)O1. The molecule has 0 spiro atoms. The van der Waals surface area contributed by atoms with E-state index in [1.807, 2.05) is 27.7 Å². The molecule has 0 aliphatic carbocycles. The summed E-state index contributed by atoms with van der Waals surface area (Å²) in [5.41, 5.74) is -0.869. The number of rotatable bonds is 2. The number of carbonyl (C=O) groups excluding carboxylic acids is 1. The van der Waals surface area contributed by atoms with E-state index in [1.54, 1.807) is 4.90 Å². The minimum atomic E-state index is -1.09. The number of hydrogen-bond acceptors (Lipinski definition) is 3. The Balaban J connectivity index is 2.74. The molecule has 92 valence electrons. The van der Waals surface area contributed by atoms with Crippen molar-refractivity contribution in [1.29, 1.82) is 0 Å². The second-order valence-corrected chi connectivity index (χ2v) is 5.44. The number of morpholine rings is 1. The average molecular weight is 229 g/mol. The first-order valence-corrected chi connectivity index (χ1v) is 5.31. The van der Waals surface area contributed by atoms with Crippen molar-refractivity contribution in [1.82, 2.24) is 4.90 Å². The molecule has 0 saturated carbocycles. The molecule has 0 radical (unpaired) electrons. The van der Waals surface area contributed by atoms with Crippen LogP contribution in [0.3, 0.4) is 0 Å². The number of carboxylic acid groups (broad SMARTS) is 1. The Bertz CT molecular complexity index is 293. The van der Waals surface area contributed by atoms with E-state index in [0.717, 1.165) is 0 Å². The molecular formula is C11H19NO4. The molecule has 0 aromatic carbocycles. The van der Waals surface area contributed by atoms with Gasteiger partial charge in [-0.1, -0.05) is 0 Å². The molecule has 5 heteroatoms.